The molecule has 3 heterocycles. The second kappa shape index (κ2) is 12.4. The van der Waals surface area contributed by atoms with Gasteiger partial charge in [0.2, 0.25) is 0 Å². The lowest BCUT2D eigenvalue weighted by Gasteiger charge is -2.22. The summed E-state index contributed by atoms with van der Waals surface area (Å²) in [7, 11) is 0. The van der Waals surface area contributed by atoms with E-state index in [1.54, 1.807) is 0 Å². The number of furan rings is 1. The SMILES string of the molecule is c1ccc(-c2cccc(-c3ccc4c(c3)Sc3ccc(-c5nc(-c6ccccc6)nc(-c6ccc7c(c6)oc6ccccc67)n5)c5cccc-4c35)c2)cc1. The molecule has 1 aliphatic rings. The number of hydrogen-bond acceptors (Lipinski definition) is 5. The van der Waals surface area contributed by atoms with Gasteiger partial charge in [-0.15, -0.1) is 0 Å². The van der Waals surface area contributed by atoms with Gasteiger partial charge in [0.1, 0.15) is 11.2 Å². The standard InChI is InChI=1S/C49H29N3OS/c1-3-11-30(12-4-1)32-15-9-16-33(27-32)34-21-24-38-39-18-10-19-40-41(25-26-44(46(39)40)54-45(38)29-34)49-51-47(31-13-5-2-6-14-31)50-48(52-49)35-22-23-37-36-17-7-8-20-42(36)53-43(37)28-35/h1-29H. The highest BCUT2D eigenvalue weighted by Crippen LogP contribution is 2.50. The number of benzene rings is 8. The molecule has 252 valence electrons. The first-order valence-electron chi connectivity index (χ1n) is 18.0. The van der Waals surface area contributed by atoms with Crippen LogP contribution in [0.15, 0.2) is 190 Å². The number of rotatable bonds is 5. The molecule has 2 aromatic heterocycles. The number of fused-ring (bicyclic) bond motifs is 5. The molecule has 0 spiro atoms. The molecule has 10 aromatic rings. The van der Waals surface area contributed by atoms with Crippen molar-refractivity contribution in [2.45, 2.75) is 9.79 Å². The van der Waals surface area contributed by atoms with E-state index in [4.69, 9.17) is 19.4 Å². The smallest absolute Gasteiger partial charge is 0.164 e. The summed E-state index contributed by atoms with van der Waals surface area (Å²) in [5.41, 5.74) is 11.8. The average Bonchev–Trinajstić information content (AvgIpc) is 3.62. The Kier molecular flexibility index (Phi) is 7.07. The highest BCUT2D eigenvalue weighted by atomic mass is 32.2. The Labute approximate surface area is 315 Å². The van der Waals surface area contributed by atoms with Gasteiger partial charge in [0, 0.05) is 42.6 Å². The fourth-order valence-electron chi connectivity index (χ4n) is 7.72. The predicted molar refractivity (Wildman–Crippen MR) is 221 cm³/mol. The van der Waals surface area contributed by atoms with Crippen molar-refractivity contribution in [3.63, 3.8) is 0 Å². The molecule has 0 amide bonds. The van der Waals surface area contributed by atoms with Crippen LogP contribution >= 0.6 is 11.8 Å². The van der Waals surface area contributed by atoms with Gasteiger partial charge < -0.3 is 4.42 Å². The maximum absolute atomic E-state index is 6.26. The molecule has 11 rings (SSSR count). The minimum Gasteiger partial charge on any atom is -0.456 e. The minimum absolute atomic E-state index is 0.602. The van der Waals surface area contributed by atoms with Gasteiger partial charge in [0.25, 0.3) is 0 Å². The van der Waals surface area contributed by atoms with Gasteiger partial charge >= 0.3 is 0 Å². The maximum atomic E-state index is 6.26. The third kappa shape index (κ3) is 5.12. The summed E-state index contributed by atoms with van der Waals surface area (Å²) in [6.45, 7) is 0. The minimum atomic E-state index is 0.602. The lowest BCUT2D eigenvalue weighted by molar-refractivity contribution is 0.669. The van der Waals surface area contributed by atoms with Crippen LogP contribution in [0.5, 0.6) is 0 Å². The van der Waals surface area contributed by atoms with Gasteiger partial charge in [-0.05, 0) is 81.2 Å². The molecule has 0 unspecified atom stereocenters. The lowest BCUT2D eigenvalue weighted by atomic mass is 9.93. The molecular formula is C49H29N3OS. The van der Waals surface area contributed by atoms with E-state index >= 15 is 0 Å². The molecule has 0 bridgehead atoms. The zero-order chi connectivity index (χ0) is 35.6. The third-order valence-electron chi connectivity index (χ3n) is 10.3. The fraction of sp³-hybridized carbons (Fsp3) is 0. The van der Waals surface area contributed by atoms with Crippen LogP contribution in [0, 0.1) is 0 Å². The Hall–Kier alpha value is -6.82. The number of nitrogens with zero attached hydrogens (tertiary/aromatic N) is 3. The lowest BCUT2D eigenvalue weighted by Crippen LogP contribution is -2.01. The van der Waals surface area contributed by atoms with Gasteiger partial charge in [-0.2, -0.15) is 0 Å². The molecule has 0 saturated heterocycles. The van der Waals surface area contributed by atoms with Crippen LogP contribution in [-0.4, -0.2) is 15.0 Å². The van der Waals surface area contributed by atoms with Gasteiger partial charge in [-0.1, -0.05) is 145 Å². The zero-order valence-corrected chi connectivity index (χ0v) is 29.7. The summed E-state index contributed by atoms with van der Waals surface area (Å²) in [6, 6.07) is 61.7. The Balaban J connectivity index is 1.03. The molecule has 8 aromatic carbocycles. The number of hydrogen-bond donors (Lipinski definition) is 0. The average molecular weight is 708 g/mol. The monoisotopic (exact) mass is 707 g/mol. The van der Waals surface area contributed by atoms with Crippen molar-refractivity contribution >= 4 is 44.5 Å². The molecule has 4 nitrogen and oxygen atoms in total. The largest absolute Gasteiger partial charge is 0.456 e. The maximum Gasteiger partial charge on any atom is 0.164 e. The van der Waals surface area contributed by atoms with Crippen LogP contribution in [0.3, 0.4) is 0 Å². The molecule has 0 radical (unpaired) electrons. The van der Waals surface area contributed by atoms with E-state index in [2.05, 4.69) is 121 Å². The highest BCUT2D eigenvalue weighted by molar-refractivity contribution is 7.99. The van der Waals surface area contributed by atoms with E-state index in [1.165, 1.54) is 48.6 Å². The second-order valence-corrected chi connectivity index (χ2v) is 14.7. The van der Waals surface area contributed by atoms with E-state index in [1.807, 2.05) is 66.4 Å². The molecule has 54 heavy (non-hydrogen) atoms. The summed E-state index contributed by atoms with van der Waals surface area (Å²) < 4.78 is 6.26. The topological polar surface area (TPSA) is 51.8 Å². The highest BCUT2D eigenvalue weighted by Gasteiger charge is 2.23. The van der Waals surface area contributed by atoms with E-state index in [0.717, 1.165) is 44.0 Å². The first-order valence-corrected chi connectivity index (χ1v) is 18.8. The van der Waals surface area contributed by atoms with Crippen molar-refractivity contribution in [2.24, 2.45) is 0 Å². The predicted octanol–water partition coefficient (Wildman–Crippen LogP) is 13.4. The van der Waals surface area contributed by atoms with Crippen LogP contribution < -0.4 is 0 Å². The molecule has 0 atom stereocenters. The van der Waals surface area contributed by atoms with Crippen LogP contribution in [0.2, 0.25) is 0 Å². The second-order valence-electron chi connectivity index (χ2n) is 13.6. The Morgan fingerprint density at radius 1 is 0.333 bits per heavy atom. The van der Waals surface area contributed by atoms with Crippen molar-refractivity contribution in [3.05, 3.63) is 176 Å². The first kappa shape index (κ1) is 30.8. The molecule has 5 heteroatoms. The fourth-order valence-corrected chi connectivity index (χ4v) is 8.89. The zero-order valence-electron chi connectivity index (χ0n) is 28.9. The van der Waals surface area contributed by atoms with Gasteiger partial charge in [-0.3, -0.25) is 0 Å². The van der Waals surface area contributed by atoms with E-state index in [-0.39, 0.29) is 0 Å². The summed E-state index contributed by atoms with van der Waals surface area (Å²) in [5, 5.41) is 4.50. The van der Waals surface area contributed by atoms with Gasteiger partial charge in [0.05, 0.1) is 0 Å². The molecule has 0 saturated carbocycles. The quantitative estimate of drug-likeness (QED) is 0.178. The van der Waals surface area contributed by atoms with Crippen molar-refractivity contribution in [1.29, 1.82) is 0 Å². The van der Waals surface area contributed by atoms with Crippen LogP contribution in [-0.2, 0) is 0 Å². The normalized spacial score (nSPS) is 12.0. The summed E-state index contributed by atoms with van der Waals surface area (Å²) >= 11 is 1.83. The summed E-state index contributed by atoms with van der Waals surface area (Å²) in [5.74, 6) is 1.87. The number of para-hydroxylation sites is 1. The van der Waals surface area contributed by atoms with E-state index in [0.29, 0.717) is 17.5 Å². The van der Waals surface area contributed by atoms with E-state index in [9.17, 15) is 0 Å². The van der Waals surface area contributed by atoms with E-state index < -0.39 is 0 Å². The van der Waals surface area contributed by atoms with Gasteiger partial charge in [-0.25, -0.2) is 15.0 Å². The Morgan fingerprint density at radius 2 is 0.944 bits per heavy atom. The van der Waals surface area contributed by atoms with Crippen LogP contribution in [0.4, 0.5) is 0 Å². The molecular weight excluding hydrogens is 679 g/mol. The third-order valence-corrected chi connectivity index (χ3v) is 11.5. The molecule has 0 aliphatic carbocycles. The Bertz CT molecular complexity index is 3080. The molecule has 1 aliphatic heterocycles. The Morgan fingerprint density at radius 3 is 1.80 bits per heavy atom. The summed E-state index contributed by atoms with van der Waals surface area (Å²) in [4.78, 5) is 17.8. The number of aromatic nitrogens is 3. The molecule has 0 fully saturated rings. The van der Waals surface area contributed by atoms with Crippen LogP contribution in [0.25, 0.3) is 100 Å². The van der Waals surface area contributed by atoms with Crippen molar-refractivity contribution < 1.29 is 4.42 Å². The van der Waals surface area contributed by atoms with Gasteiger partial charge in [0.15, 0.2) is 17.5 Å². The first-order chi connectivity index (χ1) is 26.7. The van der Waals surface area contributed by atoms with Crippen LogP contribution in [0.1, 0.15) is 0 Å². The molecule has 0 N–H and O–H groups in total. The van der Waals surface area contributed by atoms with Crippen molar-refractivity contribution in [2.75, 3.05) is 0 Å². The summed E-state index contributed by atoms with van der Waals surface area (Å²) in [6.07, 6.45) is 0. The van der Waals surface area contributed by atoms with Crippen molar-refractivity contribution in [3.8, 4) is 67.5 Å². The van der Waals surface area contributed by atoms with Crippen molar-refractivity contribution in [1.82, 2.24) is 15.0 Å².